The molecule has 2 aromatic carbocycles. The standard InChI is InChI=1S/C13H10F2IN/c14-9-3-6-12(15)11(7-9)13(17)8-1-4-10(16)5-2-8/h1-7,13H,17H2. The van der Waals surface area contributed by atoms with Crippen LogP contribution in [0.5, 0.6) is 0 Å². The maximum absolute atomic E-state index is 13.5. The maximum Gasteiger partial charge on any atom is 0.128 e. The molecule has 0 aromatic heterocycles. The average Bonchev–Trinajstić information content (AvgIpc) is 2.32. The van der Waals surface area contributed by atoms with Gasteiger partial charge in [0.2, 0.25) is 0 Å². The fraction of sp³-hybridized carbons (Fsp3) is 0.0769. The Bertz CT molecular complexity index is 525. The van der Waals surface area contributed by atoms with E-state index in [0.717, 1.165) is 27.3 Å². The van der Waals surface area contributed by atoms with Crippen molar-refractivity contribution in [1.29, 1.82) is 0 Å². The van der Waals surface area contributed by atoms with Crippen molar-refractivity contribution in [1.82, 2.24) is 0 Å². The number of hydrogen-bond donors (Lipinski definition) is 1. The minimum absolute atomic E-state index is 0.172. The van der Waals surface area contributed by atoms with E-state index in [-0.39, 0.29) is 5.56 Å². The van der Waals surface area contributed by atoms with Crippen LogP contribution in [0.1, 0.15) is 17.2 Å². The first kappa shape index (κ1) is 12.4. The van der Waals surface area contributed by atoms with E-state index >= 15 is 0 Å². The van der Waals surface area contributed by atoms with Gasteiger partial charge in [-0.15, -0.1) is 0 Å². The van der Waals surface area contributed by atoms with Crippen LogP contribution in [-0.4, -0.2) is 0 Å². The first-order chi connectivity index (χ1) is 8.08. The molecule has 0 radical (unpaired) electrons. The summed E-state index contributed by atoms with van der Waals surface area (Å²) in [5.41, 5.74) is 6.86. The van der Waals surface area contributed by atoms with E-state index < -0.39 is 17.7 Å². The molecule has 4 heteroatoms. The smallest absolute Gasteiger partial charge is 0.128 e. The van der Waals surface area contributed by atoms with Gasteiger partial charge in [-0.2, -0.15) is 0 Å². The van der Waals surface area contributed by atoms with Crippen molar-refractivity contribution >= 4 is 22.6 Å². The van der Waals surface area contributed by atoms with Crippen molar-refractivity contribution < 1.29 is 8.78 Å². The summed E-state index contributed by atoms with van der Waals surface area (Å²) in [5.74, 6) is -0.972. The van der Waals surface area contributed by atoms with Crippen LogP contribution in [0.15, 0.2) is 42.5 Å². The van der Waals surface area contributed by atoms with Gasteiger partial charge in [0.1, 0.15) is 11.6 Å². The molecule has 0 aliphatic heterocycles. The Morgan fingerprint density at radius 3 is 2.29 bits per heavy atom. The molecule has 0 saturated carbocycles. The Labute approximate surface area is 112 Å². The molecule has 0 aliphatic carbocycles. The lowest BCUT2D eigenvalue weighted by atomic mass is 9.99. The van der Waals surface area contributed by atoms with Crippen LogP contribution in [-0.2, 0) is 0 Å². The quantitative estimate of drug-likeness (QED) is 0.827. The first-order valence-electron chi connectivity index (χ1n) is 5.04. The highest BCUT2D eigenvalue weighted by molar-refractivity contribution is 14.1. The summed E-state index contributed by atoms with van der Waals surface area (Å²) in [6, 6.07) is 10.1. The third-order valence-corrected chi connectivity index (χ3v) is 3.24. The van der Waals surface area contributed by atoms with E-state index in [9.17, 15) is 8.78 Å². The Morgan fingerprint density at radius 1 is 1.00 bits per heavy atom. The maximum atomic E-state index is 13.5. The van der Waals surface area contributed by atoms with E-state index in [1.54, 1.807) is 0 Å². The van der Waals surface area contributed by atoms with E-state index in [1.165, 1.54) is 0 Å². The molecule has 1 unspecified atom stereocenters. The van der Waals surface area contributed by atoms with Crippen LogP contribution in [0, 0.1) is 15.2 Å². The SMILES string of the molecule is NC(c1ccc(I)cc1)c1cc(F)ccc1F. The summed E-state index contributed by atoms with van der Waals surface area (Å²) < 4.78 is 27.7. The summed E-state index contributed by atoms with van der Waals surface area (Å²) in [6.07, 6.45) is 0. The molecule has 0 amide bonds. The molecular weight excluding hydrogens is 335 g/mol. The van der Waals surface area contributed by atoms with E-state index in [4.69, 9.17) is 5.73 Å². The van der Waals surface area contributed by atoms with Crippen molar-refractivity contribution in [3.05, 3.63) is 68.8 Å². The number of nitrogens with two attached hydrogens (primary N) is 1. The first-order valence-corrected chi connectivity index (χ1v) is 6.12. The predicted octanol–water partition coefficient (Wildman–Crippen LogP) is 3.62. The monoisotopic (exact) mass is 345 g/mol. The number of halogens is 3. The Kier molecular flexibility index (Phi) is 3.73. The molecule has 2 aromatic rings. The zero-order valence-electron chi connectivity index (χ0n) is 8.83. The Balaban J connectivity index is 2.39. The highest BCUT2D eigenvalue weighted by Gasteiger charge is 2.14. The van der Waals surface area contributed by atoms with E-state index in [2.05, 4.69) is 22.6 Å². The fourth-order valence-corrected chi connectivity index (χ4v) is 1.96. The second kappa shape index (κ2) is 5.10. The van der Waals surface area contributed by atoms with Gasteiger partial charge in [-0.05, 0) is 58.5 Å². The van der Waals surface area contributed by atoms with E-state index in [0.29, 0.717) is 0 Å². The average molecular weight is 345 g/mol. The highest BCUT2D eigenvalue weighted by atomic mass is 127. The van der Waals surface area contributed by atoms with Crippen molar-refractivity contribution in [2.24, 2.45) is 5.73 Å². The molecule has 0 heterocycles. The Morgan fingerprint density at radius 2 is 1.65 bits per heavy atom. The molecule has 0 fully saturated rings. The molecule has 1 nitrogen and oxygen atoms in total. The normalized spacial score (nSPS) is 12.5. The van der Waals surface area contributed by atoms with Crippen molar-refractivity contribution in [2.75, 3.05) is 0 Å². The van der Waals surface area contributed by atoms with Crippen LogP contribution in [0.2, 0.25) is 0 Å². The van der Waals surface area contributed by atoms with E-state index in [1.807, 2.05) is 24.3 Å². The largest absolute Gasteiger partial charge is 0.320 e. The zero-order chi connectivity index (χ0) is 12.4. The minimum atomic E-state index is -0.650. The summed E-state index contributed by atoms with van der Waals surface area (Å²) in [7, 11) is 0. The van der Waals surface area contributed by atoms with Gasteiger partial charge in [0, 0.05) is 9.13 Å². The molecule has 88 valence electrons. The van der Waals surface area contributed by atoms with Gasteiger partial charge >= 0.3 is 0 Å². The molecule has 2 rings (SSSR count). The number of rotatable bonds is 2. The summed E-state index contributed by atoms with van der Waals surface area (Å²) in [5, 5.41) is 0. The molecule has 0 spiro atoms. The van der Waals surface area contributed by atoms with Gasteiger partial charge in [0.05, 0.1) is 6.04 Å². The molecule has 0 aliphatic rings. The number of hydrogen-bond acceptors (Lipinski definition) is 1. The highest BCUT2D eigenvalue weighted by Crippen LogP contribution is 2.23. The molecule has 1 atom stereocenters. The minimum Gasteiger partial charge on any atom is -0.320 e. The summed E-state index contributed by atoms with van der Waals surface area (Å²) in [4.78, 5) is 0. The van der Waals surface area contributed by atoms with Gasteiger partial charge in [0.15, 0.2) is 0 Å². The van der Waals surface area contributed by atoms with Gasteiger partial charge in [0.25, 0.3) is 0 Å². The van der Waals surface area contributed by atoms with Crippen LogP contribution in [0.25, 0.3) is 0 Å². The van der Waals surface area contributed by atoms with Crippen LogP contribution in [0.3, 0.4) is 0 Å². The second-order valence-electron chi connectivity index (χ2n) is 3.70. The molecule has 0 bridgehead atoms. The molecule has 0 saturated heterocycles. The summed E-state index contributed by atoms with van der Waals surface area (Å²) in [6.45, 7) is 0. The lowest BCUT2D eigenvalue weighted by Gasteiger charge is -2.13. The Hall–Kier alpha value is -1.01. The number of benzene rings is 2. The fourth-order valence-electron chi connectivity index (χ4n) is 1.60. The van der Waals surface area contributed by atoms with Gasteiger partial charge in [-0.25, -0.2) is 8.78 Å². The van der Waals surface area contributed by atoms with Crippen LogP contribution >= 0.6 is 22.6 Å². The van der Waals surface area contributed by atoms with Crippen molar-refractivity contribution in [3.8, 4) is 0 Å². The second-order valence-corrected chi connectivity index (χ2v) is 4.94. The van der Waals surface area contributed by atoms with Crippen LogP contribution in [0.4, 0.5) is 8.78 Å². The molecule has 17 heavy (non-hydrogen) atoms. The third-order valence-electron chi connectivity index (χ3n) is 2.52. The van der Waals surface area contributed by atoms with Crippen LogP contribution < -0.4 is 5.73 Å². The zero-order valence-corrected chi connectivity index (χ0v) is 11.0. The lowest BCUT2D eigenvalue weighted by Crippen LogP contribution is -2.13. The third kappa shape index (κ3) is 2.81. The molecular formula is C13H10F2IN. The lowest BCUT2D eigenvalue weighted by molar-refractivity contribution is 0.576. The van der Waals surface area contributed by atoms with Gasteiger partial charge in [-0.3, -0.25) is 0 Å². The summed E-state index contributed by atoms with van der Waals surface area (Å²) >= 11 is 2.17. The van der Waals surface area contributed by atoms with Crippen molar-refractivity contribution in [2.45, 2.75) is 6.04 Å². The molecule has 2 N–H and O–H groups in total. The predicted molar refractivity (Wildman–Crippen MR) is 71.5 cm³/mol. The topological polar surface area (TPSA) is 26.0 Å². The van der Waals surface area contributed by atoms with Gasteiger partial charge in [-0.1, -0.05) is 12.1 Å². The van der Waals surface area contributed by atoms with Gasteiger partial charge < -0.3 is 5.73 Å². The van der Waals surface area contributed by atoms with Crippen molar-refractivity contribution in [3.63, 3.8) is 0 Å².